The minimum absolute atomic E-state index is 1.14. The van der Waals surface area contributed by atoms with Crippen molar-refractivity contribution in [1.29, 1.82) is 0 Å². The molecule has 4 N–H and O–H groups in total. The van der Waals surface area contributed by atoms with Gasteiger partial charge in [0.15, 0.2) is 5.60 Å². The summed E-state index contributed by atoms with van der Waals surface area (Å²) in [6.07, 6.45) is -2.29. The Balaban J connectivity index is 4.62. The normalized spacial score (nSPS) is 10.8. The van der Waals surface area contributed by atoms with E-state index in [-0.39, 0.29) is 0 Å². The fourth-order valence-electron chi connectivity index (χ4n) is 0.714. The lowest BCUT2D eigenvalue weighted by atomic mass is 10.1. The molecule has 0 saturated carbocycles. The minimum Gasteiger partial charge on any atom is -0.481 e. The molecule has 0 heterocycles. The van der Waals surface area contributed by atoms with E-state index in [1.807, 2.05) is 0 Å². The van der Waals surface area contributed by atoms with Crippen molar-refractivity contribution in [2.45, 2.75) is 18.4 Å². The van der Waals surface area contributed by atoms with Crippen molar-refractivity contribution in [3.8, 4) is 0 Å². The molecule has 74 valence electrons. The van der Waals surface area contributed by atoms with Gasteiger partial charge in [0.25, 0.3) is 0 Å². The summed E-state index contributed by atoms with van der Waals surface area (Å²) in [5, 5.41) is 33.8. The van der Waals surface area contributed by atoms with Crippen molar-refractivity contribution in [2.24, 2.45) is 0 Å². The van der Waals surface area contributed by atoms with E-state index in [1.54, 1.807) is 0 Å². The maximum absolute atomic E-state index is 10.3. The van der Waals surface area contributed by atoms with E-state index in [4.69, 9.17) is 20.4 Å². The lowest BCUT2D eigenvalue weighted by molar-refractivity contribution is -0.170. The van der Waals surface area contributed by atoms with Crippen LogP contribution in [0.2, 0.25) is 0 Å². The van der Waals surface area contributed by atoms with Gasteiger partial charge in [-0.15, -0.1) is 0 Å². The number of carbonyl (C=O) groups is 3. The highest BCUT2D eigenvalue weighted by molar-refractivity contribution is 5.88. The van der Waals surface area contributed by atoms with Crippen LogP contribution in [0.15, 0.2) is 0 Å². The second-order valence-corrected chi connectivity index (χ2v) is 2.48. The first kappa shape index (κ1) is 11.4. The van der Waals surface area contributed by atoms with Crippen LogP contribution in [0.5, 0.6) is 0 Å². The van der Waals surface area contributed by atoms with Gasteiger partial charge in [-0.05, 0) is 0 Å². The summed E-state index contributed by atoms with van der Waals surface area (Å²) in [6, 6.07) is 0. The zero-order chi connectivity index (χ0) is 10.6. The van der Waals surface area contributed by atoms with Crippen LogP contribution in [0.3, 0.4) is 0 Å². The molecule has 0 aromatic carbocycles. The Bertz CT molecular complexity index is 227. The van der Waals surface area contributed by atoms with Crippen LogP contribution in [-0.4, -0.2) is 43.9 Å². The molecule has 0 rings (SSSR count). The minimum atomic E-state index is -2.74. The molecule has 0 aromatic heterocycles. The van der Waals surface area contributed by atoms with Crippen LogP contribution in [0, 0.1) is 0 Å². The van der Waals surface area contributed by atoms with Crippen LogP contribution >= 0.6 is 0 Å². The van der Waals surface area contributed by atoms with E-state index in [0.29, 0.717) is 0 Å². The monoisotopic (exact) mass is 196 g/mol. The highest BCUT2D eigenvalue weighted by atomic mass is 16.6. The summed E-state index contributed by atoms with van der Waals surface area (Å²) in [4.78, 5) is 30.5. The zero-order valence-electron chi connectivity index (χ0n) is 6.43. The SMILES string of the molecule is O=C(O)C(O)(C[14C](=O)O)C[14C](=O)O. The smallest absolute Gasteiger partial charge is 0.336 e. The molecule has 0 aliphatic carbocycles. The molecule has 0 saturated heterocycles. The fraction of sp³-hybridized carbons (Fsp3) is 0.500. The molecule has 0 aliphatic heterocycles. The van der Waals surface area contributed by atoms with Gasteiger partial charge in [-0.3, -0.25) is 9.59 Å². The number of aliphatic carboxylic acids is 3. The maximum atomic E-state index is 10.3. The number of hydrogen-bond donors (Lipinski definition) is 4. The van der Waals surface area contributed by atoms with Gasteiger partial charge in [-0.1, -0.05) is 0 Å². The van der Waals surface area contributed by atoms with Crippen molar-refractivity contribution in [3.05, 3.63) is 0 Å². The predicted molar refractivity (Wildman–Crippen MR) is 37.1 cm³/mol. The van der Waals surface area contributed by atoms with E-state index in [9.17, 15) is 14.4 Å². The second kappa shape index (κ2) is 3.85. The van der Waals surface area contributed by atoms with Crippen molar-refractivity contribution >= 4 is 17.9 Å². The van der Waals surface area contributed by atoms with Crippen molar-refractivity contribution < 1.29 is 34.8 Å². The van der Waals surface area contributed by atoms with Crippen molar-refractivity contribution in [1.82, 2.24) is 0 Å². The summed E-state index contributed by atoms with van der Waals surface area (Å²) in [5.74, 6) is -5.02. The third kappa shape index (κ3) is 3.52. The third-order valence-electron chi connectivity index (χ3n) is 1.29. The standard InChI is InChI=1S/C6H8O7/c7-3(8)1-6(13,5(11)12)2-4(9)10/h13H,1-2H2,(H,7,8)(H,9,10)(H,11,12)/i3+2,4+2. The van der Waals surface area contributed by atoms with Crippen LogP contribution in [0.1, 0.15) is 12.8 Å². The first-order chi connectivity index (χ1) is 5.78. The Labute approximate surface area is 72.2 Å². The first-order valence-corrected chi connectivity index (χ1v) is 3.17. The van der Waals surface area contributed by atoms with Gasteiger partial charge in [-0.2, -0.15) is 0 Å². The zero-order valence-corrected chi connectivity index (χ0v) is 6.43. The summed E-state index contributed by atoms with van der Waals surface area (Å²) < 4.78 is 0. The molecule has 0 unspecified atom stereocenters. The van der Waals surface area contributed by atoms with E-state index >= 15 is 0 Å². The molecule has 0 aromatic rings. The summed E-state index contributed by atoms with van der Waals surface area (Å²) in [7, 11) is 0. The van der Waals surface area contributed by atoms with Gasteiger partial charge in [0.05, 0.1) is 12.8 Å². The van der Waals surface area contributed by atoms with E-state index in [2.05, 4.69) is 0 Å². The molecule has 0 spiro atoms. The average Bonchev–Trinajstić information content (AvgIpc) is 1.82. The Morgan fingerprint density at radius 2 is 1.46 bits per heavy atom. The topological polar surface area (TPSA) is 132 Å². The highest BCUT2D eigenvalue weighted by Crippen LogP contribution is 2.15. The molecule has 0 aliphatic rings. The number of hydrogen-bond acceptors (Lipinski definition) is 4. The molecule has 0 fully saturated rings. The molecule has 0 bridgehead atoms. The molecule has 0 atom stereocenters. The van der Waals surface area contributed by atoms with Crippen LogP contribution in [0.4, 0.5) is 0 Å². The quantitative estimate of drug-likeness (QED) is 0.431. The van der Waals surface area contributed by atoms with Gasteiger partial charge >= 0.3 is 17.9 Å². The molecule has 13 heavy (non-hydrogen) atoms. The van der Waals surface area contributed by atoms with Crippen LogP contribution in [0.25, 0.3) is 0 Å². The summed E-state index contributed by atoms with van der Waals surface area (Å²) >= 11 is 0. The largest absolute Gasteiger partial charge is 0.481 e. The van der Waals surface area contributed by atoms with Crippen molar-refractivity contribution in [2.75, 3.05) is 0 Å². The predicted octanol–water partition coefficient (Wildman–Crippen LogP) is -1.25. The third-order valence-corrected chi connectivity index (χ3v) is 1.29. The van der Waals surface area contributed by atoms with Gasteiger partial charge in [0.2, 0.25) is 0 Å². The van der Waals surface area contributed by atoms with Gasteiger partial charge in [0.1, 0.15) is 0 Å². The van der Waals surface area contributed by atoms with E-state index in [0.717, 1.165) is 0 Å². The summed E-state index contributed by atoms with van der Waals surface area (Å²) in [6.45, 7) is 0. The first-order valence-electron chi connectivity index (χ1n) is 3.17. The second-order valence-electron chi connectivity index (χ2n) is 2.48. The van der Waals surface area contributed by atoms with Crippen molar-refractivity contribution in [3.63, 3.8) is 0 Å². The fourth-order valence-corrected chi connectivity index (χ4v) is 0.714. The number of carboxylic acids is 3. The Hall–Kier alpha value is -1.63. The molecule has 7 heteroatoms. The number of aliphatic hydroxyl groups is 1. The average molecular weight is 196 g/mol. The van der Waals surface area contributed by atoms with Gasteiger partial charge < -0.3 is 20.4 Å². The Morgan fingerprint density at radius 1 is 1.15 bits per heavy atom. The molecular formula is C6H8O7. The molecule has 0 amide bonds. The highest BCUT2D eigenvalue weighted by Gasteiger charge is 2.40. The summed E-state index contributed by atoms with van der Waals surface area (Å²) in [5.41, 5.74) is -2.74. The van der Waals surface area contributed by atoms with E-state index < -0.39 is 36.4 Å². The Morgan fingerprint density at radius 3 is 1.62 bits per heavy atom. The molecular weight excluding hydrogens is 188 g/mol. The molecule has 0 radical (unpaired) electrons. The van der Waals surface area contributed by atoms with E-state index in [1.165, 1.54) is 0 Å². The number of carboxylic acid groups (broad SMARTS) is 3. The lowest BCUT2D eigenvalue weighted by Gasteiger charge is -2.18. The maximum Gasteiger partial charge on any atom is 0.336 e. The van der Waals surface area contributed by atoms with Gasteiger partial charge in [0, 0.05) is 0 Å². The van der Waals surface area contributed by atoms with Gasteiger partial charge in [-0.25, -0.2) is 4.79 Å². The van der Waals surface area contributed by atoms with Crippen LogP contribution < -0.4 is 0 Å². The Kier molecular flexibility index (Phi) is 3.37. The molecule has 7 nitrogen and oxygen atoms in total. The lowest BCUT2D eigenvalue weighted by Crippen LogP contribution is -2.42. The number of rotatable bonds is 5. The van der Waals surface area contributed by atoms with Crippen LogP contribution in [-0.2, 0) is 14.4 Å².